The Hall–Kier alpha value is -4.63. The molecule has 1 aromatic heterocycles. The molecule has 0 unspecified atom stereocenters. The zero-order valence-corrected chi connectivity index (χ0v) is 20.8. The van der Waals surface area contributed by atoms with Gasteiger partial charge in [0.25, 0.3) is 6.01 Å². The smallest absolute Gasteiger partial charge is 0.335 e. The number of anilines is 2. The largest absolute Gasteiger partial charge is 0.491 e. The number of carboxylic acids is 1. The maximum atomic E-state index is 13.3. The third-order valence-corrected chi connectivity index (χ3v) is 6.59. The minimum Gasteiger partial charge on any atom is -0.491 e. The summed E-state index contributed by atoms with van der Waals surface area (Å²) in [7, 11) is 0. The van der Waals surface area contributed by atoms with Crippen molar-refractivity contribution in [2.75, 3.05) is 18.5 Å². The number of oxazole rings is 1. The average molecular weight is 514 g/mol. The molecule has 9 heteroatoms. The molecule has 5 rings (SSSR count). The highest BCUT2D eigenvalue weighted by atomic mass is 16.5. The fourth-order valence-corrected chi connectivity index (χ4v) is 4.44. The maximum Gasteiger partial charge on any atom is 0.335 e. The molecular formula is C29H27N3O6. The normalized spacial score (nSPS) is 17.1. The Morgan fingerprint density at radius 2 is 1.92 bits per heavy atom. The van der Waals surface area contributed by atoms with Crippen LogP contribution in [-0.2, 0) is 11.2 Å². The van der Waals surface area contributed by atoms with E-state index in [-0.39, 0.29) is 31.0 Å². The summed E-state index contributed by atoms with van der Waals surface area (Å²) in [5, 5.41) is 22.9. The Balaban J connectivity index is 1.26. The summed E-state index contributed by atoms with van der Waals surface area (Å²) in [6.45, 7) is 6.15. The molecule has 38 heavy (non-hydrogen) atoms. The van der Waals surface area contributed by atoms with Crippen molar-refractivity contribution < 1.29 is 29.0 Å². The van der Waals surface area contributed by atoms with E-state index in [1.54, 1.807) is 23.1 Å². The van der Waals surface area contributed by atoms with Crippen LogP contribution in [0, 0.1) is 6.92 Å². The molecule has 1 fully saturated rings. The van der Waals surface area contributed by atoms with Crippen molar-refractivity contribution in [2.45, 2.75) is 25.5 Å². The van der Waals surface area contributed by atoms with E-state index in [2.05, 4.69) is 16.9 Å². The number of nitrogens with zero attached hydrogens (tertiary/aromatic N) is 2. The van der Waals surface area contributed by atoms with E-state index in [9.17, 15) is 14.7 Å². The zero-order chi connectivity index (χ0) is 26.8. The molecule has 3 aromatic carbocycles. The van der Waals surface area contributed by atoms with Gasteiger partial charge in [-0.1, -0.05) is 30.8 Å². The lowest BCUT2D eigenvalue weighted by Gasteiger charge is -2.26. The van der Waals surface area contributed by atoms with Crippen LogP contribution in [0.4, 0.5) is 11.7 Å². The molecule has 1 amide bonds. The summed E-state index contributed by atoms with van der Waals surface area (Å²) in [4.78, 5) is 30.4. The Morgan fingerprint density at radius 3 is 2.66 bits per heavy atom. The number of hydrogen-bond acceptors (Lipinski definition) is 7. The lowest BCUT2D eigenvalue weighted by molar-refractivity contribution is -0.132. The monoisotopic (exact) mass is 513 g/mol. The van der Waals surface area contributed by atoms with Crippen LogP contribution in [0.15, 0.2) is 83.3 Å². The number of rotatable bonds is 8. The van der Waals surface area contributed by atoms with Crippen molar-refractivity contribution in [3.05, 3.63) is 95.6 Å². The number of ether oxygens (including phenoxy) is 1. The van der Waals surface area contributed by atoms with Crippen LogP contribution in [0.3, 0.4) is 0 Å². The maximum absolute atomic E-state index is 13.3. The number of aliphatic hydroxyl groups is 1. The minimum absolute atomic E-state index is 0.0351. The number of likely N-dealkylation sites (tertiary alicyclic amines) is 1. The van der Waals surface area contributed by atoms with Crippen molar-refractivity contribution in [1.82, 2.24) is 9.88 Å². The van der Waals surface area contributed by atoms with Gasteiger partial charge in [-0.15, -0.1) is 0 Å². The Bertz CT molecular complexity index is 1510. The van der Waals surface area contributed by atoms with E-state index in [4.69, 9.17) is 14.3 Å². The summed E-state index contributed by atoms with van der Waals surface area (Å²) >= 11 is 0. The summed E-state index contributed by atoms with van der Waals surface area (Å²) in [5.41, 5.74) is 4.61. The number of carbonyl (C=O) groups is 2. The highest BCUT2D eigenvalue weighted by Crippen LogP contribution is 2.27. The molecular weight excluding hydrogens is 486 g/mol. The van der Waals surface area contributed by atoms with Gasteiger partial charge in [-0.2, -0.15) is 4.98 Å². The Kier molecular flexibility index (Phi) is 6.85. The average Bonchev–Trinajstić information content (AvgIpc) is 3.43. The highest BCUT2D eigenvalue weighted by Gasteiger charge is 2.39. The third-order valence-electron chi connectivity index (χ3n) is 6.59. The second-order valence-corrected chi connectivity index (χ2v) is 9.27. The van der Waals surface area contributed by atoms with E-state index in [0.717, 1.165) is 16.8 Å². The number of benzene rings is 3. The number of aromatic carboxylic acids is 1. The number of aromatic nitrogens is 1. The molecule has 1 saturated heterocycles. The third kappa shape index (κ3) is 5.23. The second-order valence-electron chi connectivity index (χ2n) is 9.27. The van der Waals surface area contributed by atoms with E-state index < -0.39 is 18.1 Å². The number of nitrogens with one attached hydrogen (secondary N) is 1. The predicted octanol–water partition coefficient (Wildman–Crippen LogP) is 4.33. The molecule has 0 radical (unpaired) electrons. The lowest BCUT2D eigenvalue weighted by Crippen LogP contribution is -2.44. The van der Waals surface area contributed by atoms with Gasteiger partial charge in [0, 0.05) is 12.2 Å². The zero-order valence-electron chi connectivity index (χ0n) is 20.8. The van der Waals surface area contributed by atoms with Gasteiger partial charge in [0.05, 0.1) is 18.0 Å². The van der Waals surface area contributed by atoms with Gasteiger partial charge in [-0.05, 0) is 66.1 Å². The fraction of sp³-hybridized carbons (Fsp3) is 0.207. The van der Waals surface area contributed by atoms with Crippen LogP contribution in [0.5, 0.6) is 5.75 Å². The molecule has 4 aromatic rings. The van der Waals surface area contributed by atoms with Gasteiger partial charge >= 0.3 is 5.97 Å². The van der Waals surface area contributed by atoms with Crippen molar-refractivity contribution >= 4 is 34.7 Å². The van der Waals surface area contributed by atoms with Crippen LogP contribution in [0.25, 0.3) is 11.1 Å². The standard InChI is InChI=1S/C29H27N3O6/c1-17-5-3-4-6-22(17)30-29-31-23-12-7-19(13-25(23)38-29)14-26(33)32-15-18(2)27(34)24(32)16-37-21-10-8-20(9-11-21)28(35)36/h3-13,24,27,34H,2,14-16H2,1H3,(H,30,31)(H,35,36)/t24-,27+/m1/s1. The number of hydrogen-bond donors (Lipinski definition) is 3. The first kappa shape index (κ1) is 25.0. The number of para-hydroxylation sites is 1. The van der Waals surface area contributed by atoms with Gasteiger partial charge in [-0.3, -0.25) is 4.79 Å². The van der Waals surface area contributed by atoms with Crippen LogP contribution < -0.4 is 10.1 Å². The molecule has 0 aliphatic carbocycles. The van der Waals surface area contributed by atoms with Crippen LogP contribution in [0.2, 0.25) is 0 Å². The molecule has 0 spiro atoms. The van der Waals surface area contributed by atoms with Crippen LogP contribution >= 0.6 is 0 Å². The molecule has 2 heterocycles. The molecule has 0 bridgehead atoms. The SMILES string of the molecule is C=C1CN(C(=O)Cc2ccc3nc(Nc4ccccc4C)oc3c2)[C@H](COc2ccc(C(=O)O)cc2)[C@H]1O. The van der Waals surface area contributed by atoms with Gasteiger partial charge in [0.15, 0.2) is 5.58 Å². The quantitative estimate of drug-likeness (QED) is 0.298. The first-order valence-corrected chi connectivity index (χ1v) is 12.1. The number of carbonyl (C=O) groups excluding carboxylic acids is 1. The second kappa shape index (κ2) is 10.4. The molecule has 1 aliphatic rings. The molecule has 0 saturated carbocycles. The van der Waals surface area contributed by atoms with Gasteiger partial charge < -0.3 is 29.6 Å². The molecule has 3 N–H and O–H groups in total. The minimum atomic E-state index is -1.03. The van der Waals surface area contributed by atoms with Crippen molar-refractivity contribution in [1.29, 1.82) is 0 Å². The summed E-state index contributed by atoms with van der Waals surface area (Å²) in [6.07, 6.45) is -0.829. The topological polar surface area (TPSA) is 125 Å². The number of amides is 1. The van der Waals surface area contributed by atoms with Gasteiger partial charge in [0.1, 0.15) is 24.0 Å². The molecule has 9 nitrogen and oxygen atoms in total. The van der Waals surface area contributed by atoms with E-state index in [0.29, 0.717) is 28.4 Å². The van der Waals surface area contributed by atoms with E-state index in [1.165, 1.54) is 12.1 Å². The molecule has 2 atom stereocenters. The Morgan fingerprint density at radius 1 is 1.16 bits per heavy atom. The van der Waals surface area contributed by atoms with Crippen LogP contribution in [-0.4, -0.2) is 57.3 Å². The van der Waals surface area contributed by atoms with E-state index >= 15 is 0 Å². The molecule has 1 aliphatic heterocycles. The summed E-state index contributed by atoms with van der Waals surface area (Å²) < 4.78 is 11.7. The predicted molar refractivity (Wildman–Crippen MR) is 142 cm³/mol. The number of fused-ring (bicyclic) bond motifs is 1. The Labute approximate surface area is 219 Å². The molecule has 194 valence electrons. The van der Waals surface area contributed by atoms with Crippen molar-refractivity contribution in [2.24, 2.45) is 0 Å². The first-order valence-electron chi connectivity index (χ1n) is 12.1. The van der Waals surface area contributed by atoms with E-state index in [1.807, 2.05) is 43.3 Å². The van der Waals surface area contributed by atoms with Gasteiger partial charge in [0.2, 0.25) is 5.91 Å². The number of aryl methyl sites for hydroxylation is 1. The fourth-order valence-electron chi connectivity index (χ4n) is 4.44. The first-order chi connectivity index (χ1) is 18.3. The summed E-state index contributed by atoms with van der Waals surface area (Å²) in [5.74, 6) is -0.772. The van der Waals surface area contributed by atoms with Crippen molar-refractivity contribution in [3.63, 3.8) is 0 Å². The number of carboxylic acid groups (broad SMARTS) is 1. The lowest BCUT2D eigenvalue weighted by atomic mass is 10.1. The van der Waals surface area contributed by atoms with Crippen LogP contribution in [0.1, 0.15) is 21.5 Å². The highest BCUT2D eigenvalue weighted by molar-refractivity contribution is 5.87. The van der Waals surface area contributed by atoms with Crippen molar-refractivity contribution in [3.8, 4) is 5.75 Å². The van der Waals surface area contributed by atoms with Gasteiger partial charge in [-0.25, -0.2) is 4.79 Å². The summed E-state index contributed by atoms with van der Waals surface area (Å²) in [6, 6.07) is 19.0. The number of aliphatic hydroxyl groups excluding tert-OH is 1.